The first kappa shape index (κ1) is 4.80. The molecule has 0 radical (unpaired) electrons. The molecule has 0 aromatic heterocycles. The SMILES string of the molecule is C[C@]12CCCC[C@@H]1O2. The van der Waals surface area contributed by atoms with Crippen molar-refractivity contribution in [3.63, 3.8) is 0 Å². The van der Waals surface area contributed by atoms with Gasteiger partial charge in [-0.25, -0.2) is 0 Å². The second-order valence-corrected chi connectivity index (χ2v) is 3.16. The molecule has 1 aliphatic heterocycles. The van der Waals surface area contributed by atoms with Gasteiger partial charge < -0.3 is 4.74 Å². The maximum atomic E-state index is 5.47. The Kier molecular flexibility index (Phi) is 0.762. The van der Waals surface area contributed by atoms with Gasteiger partial charge in [-0.3, -0.25) is 0 Å². The summed E-state index contributed by atoms with van der Waals surface area (Å²) in [6.07, 6.45) is 6.04. The molecule has 0 aromatic carbocycles. The van der Waals surface area contributed by atoms with Crippen LogP contribution in [0, 0.1) is 0 Å². The van der Waals surface area contributed by atoms with Crippen molar-refractivity contribution in [3.8, 4) is 0 Å². The van der Waals surface area contributed by atoms with Crippen LogP contribution in [0.1, 0.15) is 32.6 Å². The fraction of sp³-hybridized carbons (Fsp3) is 1.00. The summed E-state index contributed by atoms with van der Waals surface area (Å²) in [4.78, 5) is 0. The maximum absolute atomic E-state index is 5.47. The highest BCUT2D eigenvalue weighted by atomic mass is 16.6. The lowest BCUT2D eigenvalue weighted by molar-refractivity contribution is 0.304. The zero-order chi connectivity index (χ0) is 5.61. The molecule has 0 bridgehead atoms. The van der Waals surface area contributed by atoms with E-state index < -0.39 is 0 Å². The zero-order valence-corrected chi connectivity index (χ0v) is 5.31. The molecule has 0 aromatic rings. The highest BCUT2D eigenvalue weighted by Gasteiger charge is 2.52. The van der Waals surface area contributed by atoms with E-state index in [1.807, 2.05) is 0 Å². The van der Waals surface area contributed by atoms with E-state index in [2.05, 4.69) is 6.92 Å². The van der Waals surface area contributed by atoms with Gasteiger partial charge in [0.05, 0.1) is 11.7 Å². The Labute approximate surface area is 50.0 Å². The number of hydrogen-bond donors (Lipinski definition) is 0. The Hall–Kier alpha value is -0.0400. The van der Waals surface area contributed by atoms with E-state index in [1.165, 1.54) is 25.7 Å². The van der Waals surface area contributed by atoms with Crippen molar-refractivity contribution in [3.05, 3.63) is 0 Å². The summed E-state index contributed by atoms with van der Waals surface area (Å²) >= 11 is 0. The Morgan fingerprint density at radius 1 is 1.50 bits per heavy atom. The summed E-state index contributed by atoms with van der Waals surface area (Å²) in [5.41, 5.74) is 0.345. The molecule has 46 valence electrons. The molecule has 2 fully saturated rings. The summed E-state index contributed by atoms with van der Waals surface area (Å²) in [5.74, 6) is 0. The lowest BCUT2D eigenvalue weighted by Gasteiger charge is -2.09. The molecule has 1 heterocycles. The normalized spacial score (nSPS) is 52.9. The summed E-state index contributed by atoms with van der Waals surface area (Å²) in [6, 6.07) is 0. The second-order valence-electron chi connectivity index (χ2n) is 3.16. The Balaban J connectivity index is 2.04. The minimum Gasteiger partial charge on any atom is -0.366 e. The topological polar surface area (TPSA) is 12.5 Å². The molecule has 2 aliphatic rings. The fourth-order valence-corrected chi connectivity index (χ4v) is 1.68. The summed E-state index contributed by atoms with van der Waals surface area (Å²) in [5, 5.41) is 0. The van der Waals surface area contributed by atoms with Crippen LogP contribution >= 0.6 is 0 Å². The predicted molar refractivity (Wildman–Crippen MR) is 31.7 cm³/mol. The first-order valence-corrected chi connectivity index (χ1v) is 3.49. The molecule has 1 aliphatic carbocycles. The van der Waals surface area contributed by atoms with Crippen LogP contribution < -0.4 is 0 Å². The molecule has 1 saturated heterocycles. The van der Waals surface area contributed by atoms with Gasteiger partial charge in [-0.15, -0.1) is 0 Å². The summed E-state index contributed by atoms with van der Waals surface area (Å²) in [7, 11) is 0. The third-order valence-electron chi connectivity index (χ3n) is 2.42. The molecule has 1 heteroatoms. The van der Waals surface area contributed by atoms with Crippen LogP contribution in [-0.4, -0.2) is 11.7 Å². The lowest BCUT2D eigenvalue weighted by Crippen LogP contribution is -2.13. The summed E-state index contributed by atoms with van der Waals surface area (Å²) in [6.45, 7) is 2.23. The van der Waals surface area contributed by atoms with Gasteiger partial charge in [0.25, 0.3) is 0 Å². The first-order valence-electron chi connectivity index (χ1n) is 3.49. The quantitative estimate of drug-likeness (QED) is 0.435. The highest BCUT2D eigenvalue weighted by molar-refractivity contribution is 5.01. The molecule has 0 unspecified atom stereocenters. The van der Waals surface area contributed by atoms with E-state index in [0.717, 1.165) is 0 Å². The van der Waals surface area contributed by atoms with Crippen LogP contribution in [0.15, 0.2) is 0 Å². The van der Waals surface area contributed by atoms with Gasteiger partial charge in [0, 0.05) is 0 Å². The van der Waals surface area contributed by atoms with E-state index in [0.29, 0.717) is 11.7 Å². The zero-order valence-electron chi connectivity index (χ0n) is 5.31. The number of rotatable bonds is 0. The molecule has 1 nitrogen and oxygen atoms in total. The number of ether oxygens (including phenoxy) is 1. The lowest BCUT2D eigenvalue weighted by atomic mass is 9.91. The Morgan fingerprint density at radius 3 is 2.88 bits per heavy atom. The van der Waals surface area contributed by atoms with Crippen molar-refractivity contribution < 1.29 is 4.74 Å². The van der Waals surface area contributed by atoms with E-state index >= 15 is 0 Å². The van der Waals surface area contributed by atoms with Crippen molar-refractivity contribution in [2.45, 2.75) is 44.3 Å². The van der Waals surface area contributed by atoms with Crippen molar-refractivity contribution in [1.82, 2.24) is 0 Å². The van der Waals surface area contributed by atoms with Gasteiger partial charge in [-0.2, -0.15) is 0 Å². The van der Waals surface area contributed by atoms with Crippen LogP contribution in [0.25, 0.3) is 0 Å². The largest absolute Gasteiger partial charge is 0.366 e. The first-order chi connectivity index (χ1) is 3.81. The van der Waals surface area contributed by atoms with Gasteiger partial charge >= 0.3 is 0 Å². The van der Waals surface area contributed by atoms with Crippen LogP contribution in [0.5, 0.6) is 0 Å². The van der Waals surface area contributed by atoms with Gasteiger partial charge in [0.2, 0.25) is 0 Å². The minimum atomic E-state index is 0.345. The fourth-order valence-electron chi connectivity index (χ4n) is 1.68. The van der Waals surface area contributed by atoms with Crippen molar-refractivity contribution in [2.24, 2.45) is 0 Å². The van der Waals surface area contributed by atoms with Crippen LogP contribution in [0.4, 0.5) is 0 Å². The molecule has 0 spiro atoms. The third kappa shape index (κ3) is 0.510. The van der Waals surface area contributed by atoms with Crippen molar-refractivity contribution in [2.75, 3.05) is 0 Å². The second kappa shape index (κ2) is 1.27. The van der Waals surface area contributed by atoms with Crippen LogP contribution in [-0.2, 0) is 4.74 Å². The molecule has 1 saturated carbocycles. The van der Waals surface area contributed by atoms with E-state index in [-0.39, 0.29) is 0 Å². The van der Waals surface area contributed by atoms with Gasteiger partial charge in [0.15, 0.2) is 0 Å². The summed E-state index contributed by atoms with van der Waals surface area (Å²) < 4.78 is 5.47. The number of fused-ring (bicyclic) bond motifs is 1. The molecule has 0 amide bonds. The van der Waals surface area contributed by atoms with E-state index in [9.17, 15) is 0 Å². The van der Waals surface area contributed by atoms with Gasteiger partial charge in [-0.05, 0) is 19.8 Å². The number of epoxide rings is 1. The van der Waals surface area contributed by atoms with Crippen LogP contribution in [0.3, 0.4) is 0 Å². The third-order valence-corrected chi connectivity index (χ3v) is 2.42. The minimum absolute atomic E-state index is 0.345. The average molecular weight is 112 g/mol. The maximum Gasteiger partial charge on any atom is 0.0920 e. The van der Waals surface area contributed by atoms with Gasteiger partial charge in [0.1, 0.15) is 0 Å². The smallest absolute Gasteiger partial charge is 0.0920 e. The van der Waals surface area contributed by atoms with E-state index in [1.54, 1.807) is 0 Å². The van der Waals surface area contributed by atoms with Gasteiger partial charge in [-0.1, -0.05) is 12.8 Å². The predicted octanol–water partition coefficient (Wildman–Crippen LogP) is 1.72. The van der Waals surface area contributed by atoms with Crippen molar-refractivity contribution >= 4 is 0 Å². The molecular weight excluding hydrogens is 100 g/mol. The average Bonchev–Trinajstić information content (AvgIpc) is 2.39. The van der Waals surface area contributed by atoms with Crippen molar-refractivity contribution in [1.29, 1.82) is 0 Å². The molecule has 2 atom stereocenters. The Bertz CT molecular complexity index is 109. The van der Waals surface area contributed by atoms with Crippen LogP contribution in [0.2, 0.25) is 0 Å². The molecule has 2 rings (SSSR count). The molecule has 8 heavy (non-hydrogen) atoms. The Morgan fingerprint density at radius 2 is 2.38 bits per heavy atom. The standard InChI is InChI=1S/C7H12O/c1-7-5-3-2-4-6(7)8-7/h6H,2-5H2,1H3/t6-,7-/m0/s1. The van der Waals surface area contributed by atoms with E-state index in [4.69, 9.17) is 4.74 Å². The monoisotopic (exact) mass is 112 g/mol. The molecule has 0 N–H and O–H groups in total. The number of hydrogen-bond acceptors (Lipinski definition) is 1. The highest BCUT2D eigenvalue weighted by Crippen LogP contribution is 2.46. The molecular formula is C7H12O.